The van der Waals surface area contributed by atoms with Crippen LogP contribution in [0.15, 0.2) is 29.4 Å². The molecule has 0 amide bonds. The Morgan fingerprint density at radius 1 is 1.33 bits per heavy atom. The Balaban J connectivity index is 2.27. The average Bonchev–Trinajstić information content (AvgIpc) is 2.41. The van der Waals surface area contributed by atoms with Crippen LogP contribution in [0.5, 0.6) is 0 Å². The number of likely N-dealkylation sites (tertiary alicyclic amines) is 1. The third kappa shape index (κ3) is 2.58. The van der Waals surface area contributed by atoms with Gasteiger partial charge in [0.15, 0.2) is 5.84 Å². The van der Waals surface area contributed by atoms with E-state index in [1.54, 1.807) is 12.1 Å². The van der Waals surface area contributed by atoms with Gasteiger partial charge in [-0.05, 0) is 19.3 Å². The van der Waals surface area contributed by atoms with E-state index in [4.69, 9.17) is 5.21 Å². The van der Waals surface area contributed by atoms with Crippen molar-refractivity contribution in [3.05, 3.63) is 39.9 Å². The Hall–Kier alpha value is -2.11. The minimum atomic E-state index is -0.450. The maximum Gasteiger partial charge on any atom is 0.270 e. The van der Waals surface area contributed by atoms with Crippen LogP contribution >= 0.6 is 0 Å². The summed E-state index contributed by atoms with van der Waals surface area (Å²) in [7, 11) is 0. The third-order valence-corrected chi connectivity index (χ3v) is 3.07. The highest BCUT2D eigenvalue weighted by molar-refractivity contribution is 5.98. The molecule has 0 unspecified atom stereocenters. The number of nitrogens with zero attached hydrogens (tertiary/aromatic N) is 3. The molecule has 0 bridgehead atoms. The smallest absolute Gasteiger partial charge is 0.270 e. The summed E-state index contributed by atoms with van der Waals surface area (Å²) in [6.45, 7) is 1.64. The first kappa shape index (κ1) is 12.3. The van der Waals surface area contributed by atoms with Gasteiger partial charge in [0.25, 0.3) is 5.69 Å². The summed E-state index contributed by atoms with van der Waals surface area (Å²) in [6, 6.07) is 6.18. The van der Waals surface area contributed by atoms with Crippen molar-refractivity contribution in [1.82, 2.24) is 4.90 Å². The Labute approximate surface area is 105 Å². The van der Waals surface area contributed by atoms with Gasteiger partial charge < -0.3 is 10.1 Å². The van der Waals surface area contributed by atoms with Crippen molar-refractivity contribution in [3.8, 4) is 0 Å². The predicted molar refractivity (Wildman–Crippen MR) is 66.8 cm³/mol. The molecule has 18 heavy (non-hydrogen) atoms. The number of nitro groups is 1. The lowest BCUT2D eigenvalue weighted by Crippen LogP contribution is -2.36. The first-order valence-electron chi connectivity index (χ1n) is 5.94. The molecule has 0 aromatic heterocycles. The number of rotatable bonds is 2. The maximum absolute atomic E-state index is 10.7. The predicted octanol–water partition coefficient (Wildman–Crippen LogP) is 2.22. The molecule has 2 rings (SSSR count). The maximum atomic E-state index is 10.7. The monoisotopic (exact) mass is 249 g/mol. The minimum absolute atomic E-state index is 0.00524. The summed E-state index contributed by atoms with van der Waals surface area (Å²) in [5.74, 6) is 0.415. The fourth-order valence-electron chi connectivity index (χ4n) is 2.17. The Morgan fingerprint density at radius 2 is 2.06 bits per heavy atom. The number of non-ortho nitro benzene ring substituents is 1. The second-order valence-corrected chi connectivity index (χ2v) is 4.28. The Kier molecular flexibility index (Phi) is 3.76. The second kappa shape index (κ2) is 5.48. The van der Waals surface area contributed by atoms with Crippen molar-refractivity contribution in [2.45, 2.75) is 19.3 Å². The summed E-state index contributed by atoms with van der Waals surface area (Å²) >= 11 is 0. The lowest BCUT2D eigenvalue weighted by molar-refractivity contribution is -0.384. The van der Waals surface area contributed by atoms with Crippen LogP contribution in [-0.2, 0) is 0 Å². The summed E-state index contributed by atoms with van der Waals surface area (Å²) in [6.07, 6.45) is 3.27. The molecule has 1 fully saturated rings. The van der Waals surface area contributed by atoms with Gasteiger partial charge in [-0.3, -0.25) is 10.1 Å². The summed E-state index contributed by atoms with van der Waals surface area (Å²) in [4.78, 5) is 12.2. The van der Waals surface area contributed by atoms with Gasteiger partial charge in [-0.1, -0.05) is 17.3 Å². The lowest BCUT2D eigenvalue weighted by atomic mass is 10.1. The normalized spacial score (nSPS) is 16.7. The van der Waals surface area contributed by atoms with E-state index >= 15 is 0 Å². The van der Waals surface area contributed by atoms with Gasteiger partial charge in [0.1, 0.15) is 0 Å². The van der Waals surface area contributed by atoms with Gasteiger partial charge in [0.2, 0.25) is 0 Å². The molecule has 1 aliphatic heterocycles. The highest BCUT2D eigenvalue weighted by Gasteiger charge is 2.18. The molecular weight excluding hydrogens is 234 g/mol. The molecule has 1 N–H and O–H groups in total. The van der Waals surface area contributed by atoms with Gasteiger partial charge in [-0.15, -0.1) is 0 Å². The number of hydrogen-bond donors (Lipinski definition) is 1. The molecule has 1 aromatic carbocycles. The molecule has 0 spiro atoms. The molecule has 1 heterocycles. The van der Waals surface area contributed by atoms with Crippen LogP contribution in [0.3, 0.4) is 0 Å². The topological polar surface area (TPSA) is 79.0 Å². The molecule has 1 aromatic rings. The van der Waals surface area contributed by atoms with Crippen molar-refractivity contribution >= 4 is 11.5 Å². The largest absolute Gasteiger partial charge is 0.409 e. The van der Waals surface area contributed by atoms with Crippen LogP contribution in [0.1, 0.15) is 24.8 Å². The SMILES string of the molecule is O=[N+]([O-])c1cccc(/C(=N/O)N2CCCCC2)c1. The van der Waals surface area contributed by atoms with E-state index in [0.29, 0.717) is 11.4 Å². The van der Waals surface area contributed by atoms with Crippen molar-refractivity contribution < 1.29 is 10.1 Å². The van der Waals surface area contributed by atoms with Gasteiger partial charge in [0, 0.05) is 30.8 Å². The first-order chi connectivity index (χ1) is 8.72. The van der Waals surface area contributed by atoms with E-state index in [1.807, 2.05) is 4.90 Å². The van der Waals surface area contributed by atoms with Crippen LogP contribution in [0, 0.1) is 10.1 Å². The van der Waals surface area contributed by atoms with Gasteiger partial charge in [-0.25, -0.2) is 0 Å². The molecule has 0 saturated carbocycles. The second-order valence-electron chi connectivity index (χ2n) is 4.28. The zero-order valence-electron chi connectivity index (χ0n) is 9.95. The van der Waals surface area contributed by atoms with E-state index in [-0.39, 0.29) is 5.69 Å². The van der Waals surface area contributed by atoms with Crippen molar-refractivity contribution in [3.63, 3.8) is 0 Å². The number of oxime groups is 1. The zero-order chi connectivity index (χ0) is 13.0. The molecule has 0 radical (unpaired) electrons. The van der Waals surface area contributed by atoms with E-state index in [9.17, 15) is 10.1 Å². The molecule has 96 valence electrons. The van der Waals surface area contributed by atoms with E-state index in [0.717, 1.165) is 25.9 Å². The van der Waals surface area contributed by atoms with Crippen LogP contribution in [0.25, 0.3) is 0 Å². The van der Waals surface area contributed by atoms with Crippen LogP contribution in [-0.4, -0.2) is 34.0 Å². The summed E-state index contributed by atoms with van der Waals surface area (Å²) in [5, 5.41) is 23.2. The van der Waals surface area contributed by atoms with Crippen LogP contribution in [0.4, 0.5) is 5.69 Å². The third-order valence-electron chi connectivity index (χ3n) is 3.07. The van der Waals surface area contributed by atoms with Crippen LogP contribution < -0.4 is 0 Å². The molecule has 6 nitrogen and oxygen atoms in total. The Bertz CT molecular complexity index is 467. The van der Waals surface area contributed by atoms with Crippen molar-refractivity contribution in [2.24, 2.45) is 5.16 Å². The van der Waals surface area contributed by atoms with E-state index in [1.165, 1.54) is 18.6 Å². The quantitative estimate of drug-likeness (QED) is 0.286. The number of benzene rings is 1. The number of amidine groups is 1. The molecule has 6 heteroatoms. The van der Waals surface area contributed by atoms with Crippen LogP contribution in [0.2, 0.25) is 0 Å². The summed E-state index contributed by atoms with van der Waals surface area (Å²) < 4.78 is 0. The minimum Gasteiger partial charge on any atom is -0.409 e. The fourth-order valence-corrected chi connectivity index (χ4v) is 2.17. The fraction of sp³-hybridized carbons (Fsp3) is 0.417. The van der Waals surface area contributed by atoms with E-state index < -0.39 is 4.92 Å². The first-order valence-corrected chi connectivity index (χ1v) is 5.94. The molecule has 1 aliphatic rings. The molecule has 0 atom stereocenters. The van der Waals surface area contributed by atoms with Gasteiger partial charge in [-0.2, -0.15) is 0 Å². The highest BCUT2D eigenvalue weighted by Crippen LogP contribution is 2.18. The van der Waals surface area contributed by atoms with Gasteiger partial charge >= 0.3 is 0 Å². The Morgan fingerprint density at radius 3 is 2.67 bits per heavy atom. The highest BCUT2D eigenvalue weighted by atomic mass is 16.6. The zero-order valence-corrected chi connectivity index (χ0v) is 9.95. The number of piperidine rings is 1. The number of nitro benzene ring substituents is 1. The standard InChI is InChI=1S/C12H15N3O3/c16-13-12(14-7-2-1-3-8-14)10-5-4-6-11(9-10)15(17)18/h4-6,9,16H,1-3,7-8H2/b13-12-. The summed E-state index contributed by atoms with van der Waals surface area (Å²) in [5.41, 5.74) is 0.583. The molecule has 1 saturated heterocycles. The van der Waals surface area contributed by atoms with Gasteiger partial charge in [0.05, 0.1) is 4.92 Å². The average molecular weight is 249 g/mol. The van der Waals surface area contributed by atoms with E-state index in [2.05, 4.69) is 5.16 Å². The van der Waals surface area contributed by atoms with Crippen molar-refractivity contribution in [2.75, 3.05) is 13.1 Å². The van der Waals surface area contributed by atoms with Crippen molar-refractivity contribution in [1.29, 1.82) is 0 Å². The molecular formula is C12H15N3O3. The lowest BCUT2D eigenvalue weighted by Gasteiger charge is -2.28. The number of hydrogen-bond acceptors (Lipinski definition) is 4. The molecule has 0 aliphatic carbocycles.